The predicted octanol–water partition coefficient (Wildman–Crippen LogP) is 2.87. The molecule has 0 aromatic carbocycles. The first kappa shape index (κ1) is 14.8. The van der Waals surface area contributed by atoms with E-state index >= 15 is 0 Å². The van der Waals surface area contributed by atoms with Crippen LogP contribution in [0.1, 0.15) is 16.4 Å². The van der Waals surface area contributed by atoms with Crippen LogP contribution in [0.2, 0.25) is 0 Å². The van der Waals surface area contributed by atoms with Crippen molar-refractivity contribution in [2.75, 3.05) is 20.3 Å². The SMILES string of the molecule is COCCN(Cc1ccc(C)o1)C(=O)Cc1cccs1. The van der Waals surface area contributed by atoms with Gasteiger partial charge in [0.2, 0.25) is 5.91 Å². The van der Waals surface area contributed by atoms with Crippen molar-refractivity contribution in [2.24, 2.45) is 0 Å². The van der Waals surface area contributed by atoms with Crippen LogP contribution in [-0.2, 0) is 22.5 Å². The molecule has 20 heavy (non-hydrogen) atoms. The number of amides is 1. The maximum Gasteiger partial charge on any atom is 0.228 e. The molecule has 0 aliphatic rings. The van der Waals surface area contributed by atoms with Crippen molar-refractivity contribution in [3.8, 4) is 0 Å². The Morgan fingerprint density at radius 1 is 1.40 bits per heavy atom. The van der Waals surface area contributed by atoms with Gasteiger partial charge in [0.05, 0.1) is 19.6 Å². The van der Waals surface area contributed by atoms with Gasteiger partial charge in [-0.1, -0.05) is 6.07 Å². The van der Waals surface area contributed by atoms with Crippen LogP contribution >= 0.6 is 11.3 Å². The van der Waals surface area contributed by atoms with Gasteiger partial charge < -0.3 is 14.1 Å². The summed E-state index contributed by atoms with van der Waals surface area (Å²) >= 11 is 1.60. The van der Waals surface area contributed by atoms with Crippen molar-refractivity contribution >= 4 is 17.2 Å². The topological polar surface area (TPSA) is 42.7 Å². The lowest BCUT2D eigenvalue weighted by molar-refractivity contribution is -0.132. The first-order valence-corrected chi connectivity index (χ1v) is 7.41. The van der Waals surface area contributed by atoms with Crippen molar-refractivity contribution in [2.45, 2.75) is 19.9 Å². The van der Waals surface area contributed by atoms with Gasteiger partial charge in [0, 0.05) is 18.5 Å². The van der Waals surface area contributed by atoms with Crippen LogP contribution in [0.25, 0.3) is 0 Å². The number of rotatable bonds is 7. The Labute approximate surface area is 123 Å². The largest absolute Gasteiger partial charge is 0.464 e. The zero-order valence-corrected chi connectivity index (χ0v) is 12.6. The van der Waals surface area contributed by atoms with Crippen LogP contribution in [0.15, 0.2) is 34.1 Å². The molecule has 0 spiro atoms. The number of thiophene rings is 1. The maximum atomic E-state index is 12.4. The number of hydrogen-bond donors (Lipinski definition) is 0. The van der Waals surface area contributed by atoms with E-state index in [1.54, 1.807) is 23.3 Å². The second kappa shape index (κ2) is 7.26. The maximum absolute atomic E-state index is 12.4. The highest BCUT2D eigenvalue weighted by molar-refractivity contribution is 7.10. The molecule has 0 aliphatic carbocycles. The molecule has 2 aromatic heterocycles. The summed E-state index contributed by atoms with van der Waals surface area (Å²) in [4.78, 5) is 15.2. The lowest BCUT2D eigenvalue weighted by Gasteiger charge is -2.21. The number of furan rings is 1. The van der Waals surface area contributed by atoms with E-state index < -0.39 is 0 Å². The number of carbonyl (C=O) groups excluding carboxylic acids is 1. The molecule has 108 valence electrons. The summed E-state index contributed by atoms with van der Waals surface area (Å²) in [6.07, 6.45) is 0.432. The molecule has 2 rings (SSSR count). The molecule has 0 bridgehead atoms. The minimum absolute atomic E-state index is 0.0959. The van der Waals surface area contributed by atoms with E-state index in [0.717, 1.165) is 16.4 Å². The highest BCUT2D eigenvalue weighted by Crippen LogP contribution is 2.14. The molecule has 2 heterocycles. The third-order valence-corrected chi connectivity index (χ3v) is 3.84. The normalized spacial score (nSPS) is 10.7. The van der Waals surface area contributed by atoms with Crippen molar-refractivity contribution in [3.63, 3.8) is 0 Å². The van der Waals surface area contributed by atoms with Crippen LogP contribution in [0.5, 0.6) is 0 Å². The van der Waals surface area contributed by atoms with Gasteiger partial charge in [0.15, 0.2) is 0 Å². The third kappa shape index (κ3) is 4.21. The Balaban J connectivity index is 2.00. The highest BCUT2D eigenvalue weighted by atomic mass is 32.1. The molecule has 0 radical (unpaired) electrons. The fourth-order valence-electron chi connectivity index (χ4n) is 1.93. The molecule has 0 saturated heterocycles. The van der Waals surface area contributed by atoms with E-state index in [-0.39, 0.29) is 5.91 Å². The van der Waals surface area contributed by atoms with Crippen LogP contribution in [-0.4, -0.2) is 31.1 Å². The molecular formula is C15H19NO3S. The van der Waals surface area contributed by atoms with E-state index in [0.29, 0.717) is 26.1 Å². The summed E-state index contributed by atoms with van der Waals surface area (Å²) in [7, 11) is 1.64. The summed E-state index contributed by atoms with van der Waals surface area (Å²) in [5.74, 6) is 1.76. The molecule has 0 fully saturated rings. The van der Waals surface area contributed by atoms with E-state index in [9.17, 15) is 4.79 Å². The number of carbonyl (C=O) groups is 1. The lowest BCUT2D eigenvalue weighted by atomic mass is 10.3. The Kier molecular flexibility index (Phi) is 5.38. The van der Waals surface area contributed by atoms with Crippen LogP contribution < -0.4 is 0 Å². The number of nitrogens with zero attached hydrogens (tertiary/aromatic N) is 1. The monoisotopic (exact) mass is 293 g/mol. The number of hydrogen-bond acceptors (Lipinski definition) is 4. The molecule has 4 nitrogen and oxygen atoms in total. The van der Waals surface area contributed by atoms with Gasteiger partial charge in [0.1, 0.15) is 11.5 Å². The standard InChI is InChI=1S/C15H19NO3S/c1-12-5-6-13(19-12)11-16(7-8-18-2)15(17)10-14-4-3-9-20-14/h3-6,9H,7-8,10-11H2,1-2H3. The van der Waals surface area contributed by atoms with Crippen LogP contribution in [0.4, 0.5) is 0 Å². The molecular weight excluding hydrogens is 274 g/mol. The fraction of sp³-hybridized carbons (Fsp3) is 0.400. The van der Waals surface area contributed by atoms with Gasteiger partial charge in [-0.25, -0.2) is 0 Å². The van der Waals surface area contributed by atoms with Crippen molar-refractivity contribution in [3.05, 3.63) is 46.0 Å². The average Bonchev–Trinajstić information content (AvgIpc) is 3.06. The number of aryl methyl sites for hydroxylation is 1. The van der Waals surface area contributed by atoms with Gasteiger partial charge >= 0.3 is 0 Å². The molecule has 0 N–H and O–H groups in total. The first-order valence-electron chi connectivity index (χ1n) is 6.53. The molecule has 1 amide bonds. The summed E-state index contributed by atoms with van der Waals surface area (Å²) < 4.78 is 10.6. The summed E-state index contributed by atoms with van der Waals surface area (Å²) in [5.41, 5.74) is 0. The van der Waals surface area contributed by atoms with E-state index in [1.165, 1.54) is 0 Å². The summed E-state index contributed by atoms with van der Waals surface area (Å²) in [5, 5.41) is 1.98. The zero-order valence-electron chi connectivity index (χ0n) is 11.8. The Hall–Kier alpha value is -1.59. The van der Waals surface area contributed by atoms with Gasteiger partial charge in [0.25, 0.3) is 0 Å². The van der Waals surface area contributed by atoms with Gasteiger partial charge in [-0.05, 0) is 30.5 Å². The van der Waals surface area contributed by atoms with Crippen LogP contribution in [0.3, 0.4) is 0 Å². The molecule has 0 atom stereocenters. The van der Waals surface area contributed by atoms with Crippen molar-refractivity contribution in [1.82, 2.24) is 4.90 Å². The smallest absolute Gasteiger partial charge is 0.228 e. The minimum atomic E-state index is 0.0959. The molecule has 5 heteroatoms. The first-order chi connectivity index (χ1) is 9.69. The Bertz CT molecular complexity index is 533. The quantitative estimate of drug-likeness (QED) is 0.788. The second-order valence-corrected chi connectivity index (χ2v) is 5.61. The average molecular weight is 293 g/mol. The van der Waals surface area contributed by atoms with Crippen LogP contribution in [0, 0.1) is 6.92 Å². The van der Waals surface area contributed by atoms with Gasteiger partial charge in [-0.3, -0.25) is 4.79 Å². The second-order valence-electron chi connectivity index (χ2n) is 4.58. The predicted molar refractivity (Wildman–Crippen MR) is 78.8 cm³/mol. The minimum Gasteiger partial charge on any atom is -0.464 e. The zero-order chi connectivity index (χ0) is 14.4. The summed E-state index contributed by atoms with van der Waals surface area (Å²) in [6.45, 7) is 3.48. The number of methoxy groups -OCH3 is 1. The van der Waals surface area contributed by atoms with Crippen molar-refractivity contribution < 1.29 is 13.9 Å². The highest BCUT2D eigenvalue weighted by Gasteiger charge is 2.16. The van der Waals surface area contributed by atoms with E-state index in [4.69, 9.17) is 9.15 Å². The fourth-order valence-corrected chi connectivity index (χ4v) is 2.62. The summed E-state index contributed by atoms with van der Waals surface area (Å²) in [6, 6.07) is 7.76. The molecule has 2 aromatic rings. The lowest BCUT2D eigenvalue weighted by Crippen LogP contribution is -2.34. The molecule has 0 unspecified atom stereocenters. The Morgan fingerprint density at radius 2 is 2.25 bits per heavy atom. The number of ether oxygens (including phenoxy) is 1. The Morgan fingerprint density at radius 3 is 2.85 bits per heavy atom. The van der Waals surface area contributed by atoms with Gasteiger partial charge in [-0.2, -0.15) is 0 Å². The van der Waals surface area contributed by atoms with E-state index in [1.807, 2.05) is 36.6 Å². The molecule has 0 saturated carbocycles. The third-order valence-electron chi connectivity index (χ3n) is 2.97. The molecule has 0 aliphatic heterocycles. The van der Waals surface area contributed by atoms with Gasteiger partial charge in [-0.15, -0.1) is 11.3 Å². The van der Waals surface area contributed by atoms with Crippen molar-refractivity contribution in [1.29, 1.82) is 0 Å². The van der Waals surface area contributed by atoms with E-state index in [2.05, 4.69) is 0 Å².